The maximum absolute atomic E-state index is 11.9. The Bertz CT molecular complexity index is 1210. The van der Waals surface area contributed by atoms with E-state index in [1.165, 1.54) is 12.1 Å². The molecule has 1 heterocycles. The van der Waals surface area contributed by atoms with Crippen molar-refractivity contribution in [3.05, 3.63) is 82.4 Å². The number of nitro benzene ring substituents is 1. The number of anilines is 2. The standard InChI is InChI=1S/C20H14N4O3/c21-20(25)16-11-13(24(26)27)10-15-18(22-12-6-2-1-3-7-12)14-8-4-5-9-17(14)23-19(15)16/h1-11H,(H2,21,25)(H,22,23). The fraction of sp³-hybridized carbons (Fsp3) is 0. The van der Waals surface area contributed by atoms with Crippen molar-refractivity contribution in [2.45, 2.75) is 0 Å². The number of amides is 1. The normalized spacial score (nSPS) is 10.8. The number of benzene rings is 3. The Morgan fingerprint density at radius 1 is 1.00 bits per heavy atom. The van der Waals surface area contributed by atoms with Gasteiger partial charge in [-0.1, -0.05) is 36.4 Å². The quantitative estimate of drug-likeness (QED) is 0.323. The molecule has 3 N–H and O–H groups in total. The third kappa shape index (κ3) is 2.91. The minimum absolute atomic E-state index is 0.0149. The van der Waals surface area contributed by atoms with Crippen molar-refractivity contribution < 1.29 is 9.72 Å². The van der Waals surface area contributed by atoms with Crippen molar-refractivity contribution in [2.24, 2.45) is 5.73 Å². The lowest BCUT2D eigenvalue weighted by Crippen LogP contribution is -2.13. The fourth-order valence-electron chi connectivity index (χ4n) is 3.07. The smallest absolute Gasteiger partial charge is 0.271 e. The molecule has 0 atom stereocenters. The number of hydrogen-bond donors (Lipinski definition) is 2. The number of aromatic nitrogens is 1. The highest BCUT2D eigenvalue weighted by Gasteiger charge is 2.20. The van der Waals surface area contributed by atoms with Crippen molar-refractivity contribution in [2.75, 3.05) is 5.32 Å². The van der Waals surface area contributed by atoms with E-state index in [1.54, 1.807) is 0 Å². The van der Waals surface area contributed by atoms with Crippen LogP contribution in [0.4, 0.5) is 17.1 Å². The number of nitrogens with zero attached hydrogens (tertiary/aromatic N) is 2. The molecule has 132 valence electrons. The zero-order valence-corrected chi connectivity index (χ0v) is 14.0. The van der Waals surface area contributed by atoms with Gasteiger partial charge in [-0.2, -0.15) is 0 Å². The predicted octanol–water partition coefficient (Wildman–Crippen LogP) is 4.14. The summed E-state index contributed by atoms with van der Waals surface area (Å²) in [6.07, 6.45) is 0. The van der Waals surface area contributed by atoms with E-state index in [0.717, 1.165) is 11.1 Å². The third-order valence-corrected chi connectivity index (χ3v) is 4.29. The minimum Gasteiger partial charge on any atom is -0.366 e. The highest BCUT2D eigenvalue weighted by molar-refractivity contribution is 6.15. The van der Waals surface area contributed by atoms with Gasteiger partial charge in [-0.05, 0) is 18.2 Å². The Labute approximate surface area is 153 Å². The molecule has 4 aromatic rings. The molecule has 0 aliphatic carbocycles. The highest BCUT2D eigenvalue weighted by atomic mass is 16.6. The molecule has 0 saturated heterocycles. The van der Waals surface area contributed by atoms with Gasteiger partial charge < -0.3 is 11.1 Å². The number of nitro groups is 1. The predicted molar refractivity (Wildman–Crippen MR) is 104 cm³/mol. The van der Waals surface area contributed by atoms with E-state index in [0.29, 0.717) is 22.1 Å². The number of para-hydroxylation sites is 2. The van der Waals surface area contributed by atoms with Crippen LogP contribution in [0.25, 0.3) is 21.8 Å². The number of pyridine rings is 1. The lowest BCUT2D eigenvalue weighted by atomic mass is 10.0. The summed E-state index contributed by atoms with van der Waals surface area (Å²) in [7, 11) is 0. The van der Waals surface area contributed by atoms with E-state index in [9.17, 15) is 14.9 Å². The van der Waals surface area contributed by atoms with Crippen molar-refractivity contribution in [3.8, 4) is 0 Å². The number of nitrogens with one attached hydrogen (secondary N) is 1. The maximum atomic E-state index is 11.9. The summed E-state index contributed by atoms with van der Waals surface area (Å²) in [5.74, 6) is -0.767. The Morgan fingerprint density at radius 2 is 1.70 bits per heavy atom. The summed E-state index contributed by atoms with van der Waals surface area (Å²) in [5.41, 5.74) is 7.69. The first kappa shape index (κ1) is 16.5. The van der Waals surface area contributed by atoms with E-state index in [2.05, 4.69) is 10.3 Å². The molecular weight excluding hydrogens is 344 g/mol. The zero-order chi connectivity index (χ0) is 19.0. The topological polar surface area (TPSA) is 111 Å². The van der Waals surface area contributed by atoms with Gasteiger partial charge in [0.25, 0.3) is 11.6 Å². The summed E-state index contributed by atoms with van der Waals surface area (Å²) in [4.78, 5) is 27.3. The first-order valence-corrected chi connectivity index (χ1v) is 8.17. The molecule has 0 unspecified atom stereocenters. The Hall–Kier alpha value is -4.00. The molecule has 0 radical (unpaired) electrons. The lowest BCUT2D eigenvalue weighted by Gasteiger charge is -2.14. The van der Waals surface area contributed by atoms with Crippen molar-refractivity contribution in [1.29, 1.82) is 0 Å². The molecular formula is C20H14N4O3. The SMILES string of the molecule is NC(=O)c1cc([N+](=O)[O-])cc2c(Nc3ccccc3)c3ccccc3nc12. The second-order valence-electron chi connectivity index (χ2n) is 6.01. The summed E-state index contributed by atoms with van der Waals surface area (Å²) in [6, 6.07) is 19.4. The van der Waals surface area contributed by atoms with Gasteiger partial charge in [-0.15, -0.1) is 0 Å². The highest BCUT2D eigenvalue weighted by Crippen LogP contribution is 2.36. The number of hydrogen-bond acceptors (Lipinski definition) is 5. The number of nitrogens with two attached hydrogens (primary N) is 1. The van der Waals surface area contributed by atoms with Crippen LogP contribution in [0.3, 0.4) is 0 Å². The van der Waals surface area contributed by atoms with E-state index in [1.807, 2.05) is 54.6 Å². The molecule has 1 amide bonds. The number of primary amides is 1. The average molecular weight is 358 g/mol. The largest absolute Gasteiger partial charge is 0.366 e. The van der Waals surface area contributed by atoms with Gasteiger partial charge in [0.2, 0.25) is 0 Å². The third-order valence-electron chi connectivity index (χ3n) is 4.29. The zero-order valence-electron chi connectivity index (χ0n) is 14.0. The van der Waals surface area contributed by atoms with E-state index >= 15 is 0 Å². The summed E-state index contributed by atoms with van der Waals surface area (Å²) >= 11 is 0. The maximum Gasteiger partial charge on any atom is 0.271 e. The summed E-state index contributed by atoms with van der Waals surface area (Å²) in [5, 5.41) is 15.9. The van der Waals surface area contributed by atoms with Crippen LogP contribution in [-0.4, -0.2) is 15.8 Å². The Kier molecular flexibility index (Phi) is 3.89. The number of rotatable bonds is 4. The van der Waals surface area contributed by atoms with Gasteiger partial charge in [-0.3, -0.25) is 14.9 Å². The van der Waals surface area contributed by atoms with Crippen LogP contribution >= 0.6 is 0 Å². The second-order valence-corrected chi connectivity index (χ2v) is 6.01. The Morgan fingerprint density at radius 3 is 2.41 bits per heavy atom. The number of carbonyl (C=O) groups is 1. The van der Waals surface area contributed by atoms with Gasteiger partial charge in [-0.25, -0.2) is 4.98 Å². The van der Waals surface area contributed by atoms with Crippen LogP contribution in [0.15, 0.2) is 66.7 Å². The van der Waals surface area contributed by atoms with Crippen molar-refractivity contribution in [1.82, 2.24) is 4.98 Å². The molecule has 7 heteroatoms. The van der Waals surface area contributed by atoms with Gasteiger partial charge in [0, 0.05) is 28.6 Å². The number of fused-ring (bicyclic) bond motifs is 2. The second kappa shape index (κ2) is 6.38. The molecule has 7 nitrogen and oxygen atoms in total. The summed E-state index contributed by atoms with van der Waals surface area (Å²) < 4.78 is 0. The molecule has 0 aliphatic rings. The van der Waals surface area contributed by atoms with Gasteiger partial charge in [0.05, 0.1) is 27.2 Å². The number of non-ortho nitro benzene ring substituents is 1. The lowest BCUT2D eigenvalue weighted by molar-refractivity contribution is -0.384. The minimum atomic E-state index is -0.767. The molecule has 0 saturated carbocycles. The van der Waals surface area contributed by atoms with Crippen LogP contribution in [0.5, 0.6) is 0 Å². The van der Waals surface area contributed by atoms with Crippen LogP contribution in [0, 0.1) is 10.1 Å². The Balaban J connectivity index is 2.12. The molecule has 0 fully saturated rings. The fourth-order valence-corrected chi connectivity index (χ4v) is 3.07. The van der Waals surface area contributed by atoms with Crippen LogP contribution in [-0.2, 0) is 0 Å². The van der Waals surface area contributed by atoms with Crippen LogP contribution in [0.2, 0.25) is 0 Å². The summed E-state index contributed by atoms with van der Waals surface area (Å²) in [6.45, 7) is 0. The number of carbonyl (C=O) groups excluding carboxylic acids is 1. The molecule has 0 bridgehead atoms. The van der Waals surface area contributed by atoms with Crippen molar-refractivity contribution in [3.63, 3.8) is 0 Å². The van der Waals surface area contributed by atoms with Crippen LogP contribution in [0.1, 0.15) is 10.4 Å². The van der Waals surface area contributed by atoms with Crippen molar-refractivity contribution >= 4 is 44.8 Å². The monoisotopic (exact) mass is 358 g/mol. The molecule has 0 spiro atoms. The molecule has 3 aromatic carbocycles. The molecule has 1 aromatic heterocycles. The first-order valence-electron chi connectivity index (χ1n) is 8.17. The average Bonchev–Trinajstić information content (AvgIpc) is 2.67. The molecule has 0 aliphatic heterocycles. The van der Waals surface area contributed by atoms with Gasteiger partial charge in [0.15, 0.2) is 0 Å². The molecule has 4 rings (SSSR count). The van der Waals surface area contributed by atoms with E-state index < -0.39 is 10.8 Å². The van der Waals surface area contributed by atoms with E-state index in [-0.39, 0.29) is 11.3 Å². The van der Waals surface area contributed by atoms with Gasteiger partial charge in [0.1, 0.15) is 0 Å². The van der Waals surface area contributed by atoms with E-state index in [4.69, 9.17) is 5.73 Å². The van der Waals surface area contributed by atoms with Crippen LogP contribution < -0.4 is 11.1 Å². The molecule has 27 heavy (non-hydrogen) atoms. The first-order chi connectivity index (χ1) is 13.0. The van der Waals surface area contributed by atoms with Gasteiger partial charge >= 0.3 is 0 Å².